The van der Waals surface area contributed by atoms with Crippen LogP contribution in [-0.4, -0.2) is 38.6 Å². The maximum atomic E-state index is 11.9. The minimum atomic E-state index is -0.347. The first-order valence-electron chi connectivity index (χ1n) is 5.80. The van der Waals surface area contributed by atoms with E-state index < -0.39 is 0 Å². The largest absolute Gasteiger partial charge is 0.468 e. The Balaban J connectivity index is 2.29. The van der Waals surface area contributed by atoms with Crippen molar-refractivity contribution in [2.45, 2.75) is 12.5 Å². The van der Waals surface area contributed by atoms with Gasteiger partial charge in [0.2, 0.25) is 5.91 Å². The molecule has 0 unspecified atom stereocenters. The predicted octanol–water partition coefficient (Wildman–Crippen LogP) is 0.337. The number of anilines is 1. The van der Waals surface area contributed by atoms with Gasteiger partial charge in [0, 0.05) is 19.2 Å². The Morgan fingerprint density at radius 1 is 1.44 bits per heavy atom. The molecule has 5 heteroatoms. The quantitative estimate of drug-likeness (QED) is 0.783. The first-order chi connectivity index (χ1) is 8.67. The zero-order chi connectivity index (χ0) is 13.1. The van der Waals surface area contributed by atoms with Crippen molar-refractivity contribution >= 4 is 17.6 Å². The number of likely N-dealkylation sites (N-methyl/N-ethyl adjacent to an activating group) is 1. The maximum Gasteiger partial charge on any atom is 0.325 e. The van der Waals surface area contributed by atoms with Gasteiger partial charge in [-0.25, -0.2) is 0 Å². The van der Waals surface area contributed by atoms with Crippen LogP contribution in [0, 0.1) is 0 Å². The Hall–Kier alpha value is -2.04. The summed E-state index contributed by atoms with van der Waals surface area (Å²) in [5, 5.41) is 2.63. The Morgan fingerprint density at radius 2 is 2.17 bits per heavy atom. The van der Waals surface area contributed by atoms with Crippen molar-refractivity contribution in [3.8, 4) is 0 Å². The summed E-state index contributed by atoms with van der Waals surface area (Å²) in [6.45, 7) is 0.0889. The molecule has 0 saturated heterocycles. The molecule has 1 aliphatic heterocycles. The Morgan fingerprint density at radius 3 is 2.83 bits per heavy atom. The number of ether oxygens (including phenoxy) is 1. The van der Waals surface area contributed by atoms with E-state index in [0.29, 0.717) is 6.42 Å². The van der Waals surface area contributed by atoms with Crippen LogP contribution in [0.5, 0.6) is 0 Å². The first kappa shape index (κ1) is 12.4. The molecule has 0 fully saturated rings. The number of nitrogens with one attached hydrogen (secondary N) is 1. The van der Waals surface area contributed by atoms with Crippen molar-refractivity contribution in [1.29, 1.82) is 0 Å². The molecular weight excluding hydrogens is 232 g/mol. The molecule has 1 atom stereocenters. The molecular formula is C13H16N2O3. The predicted molar refractivity (Wildman–Crippen MR) is 67.4 cm³/mol. The van der Waals surface area contributed by atoms with E-state index in [1.807, 2.05) is 24.3 Å². The molecule has 0 radical (unpaired) electrons. The molecule has 0 aliphatic carbocycles. The molecule has 1 heterocycles. The number of amides is 1. The average molecular weight is 248 g/mol. The first-order valence-corrected chi connectivity index (χ1v) is 5.80. The average Bonchev–Trinajstić information content (AvgIpc) is 2.77. The van der Waals surface area contributed by atoms with Gasteiger partial charge >= 0.3 is 5.97 Å². The van der Waals surface area contributed by atoms with Crippen molar-refractivity contribution in [1.82, 2.24) is 5.32 Å². The fraction of sp³-hybridized carbons (Fsp3) is 0.385. The number of hydrogen-bond acceptors (Lipinski definition) is 4. The van der Waals surface area contributed by atoms with Gasteiger partial charge in [0.1, 0.15) is 12.6 Å². The third kappa shape index (κ3) is 2.16. The van der Waals surface area contributed by atoms with Gasteiger partial charge in [-0.05, 0) is 11.6 Å². The summed E-state index contributed by atoms with van der Waals surface area (Å²) in [6.07, 6.45) is 0.618. The lowest BCUT2D eigenvalue weighted by Crippen LogP contribution is -2.46. The van der Waals surface area contributed by atoms with Crippen molar-refractivity contribution in [2.24, 2.45) is 0 Å². The fourth-order valence-electron chi connectivity index (χ4n) is 2.25. The van der Waals surface area contributed by atoms with Crippen LogP contribution in [-0.2, 0) is 20.7 Å². The van der Waals surface area contributed by atoms with E-state index in [0.717, 1.165) is 11.3 Å². The summed E-state index contributed by atoms with van der Waals surface area (Å²) in [5.74, 6) is -0.435. The molecule has 1 aliphatic rings. The summed E-state index contributed by atoms with van der Waals surface area (Å²) in [6, 6.07) is 7.38. The van der Waals surface area contributed by atoms with Gasteiger partial charge in [0.25, 0.3) is 0 Å². The van der Waals surface area contributed by atoms with Gasteiger partial charge < -0.3 is 15.0 Å². The van der Waals surface area contributed by atoms with Crippen LogP contribution in [0.4, 0.5) is 5.69 Å². The van der Waals surface area contributed by atoms with Crippen LogP contribution < -0.4 is 10.2 Å². The zero-order valence-electron chi connectivity index (χ0n) is 10.5. The van der Waals surface area contributed by atoms with E-state index in [4.69, 9.17) is 0 Å². The molecule has 2 rings (SSSR count). The van der Waals surface area contributed by atoms with Crippen molar-refractivity contribution < 1.29 is 14.3 Å². The lowest BCUT2D eigenvalue weighted by Gasteiger charge is -2.24. The molecule has 96 valence electrons. The number of hydrogen-bond donors (Lipinski definition) is 1. The van der Waals surface area contributed by atoms with E-state index in [2.05, 4.69) is 10.1 Å². The minimum absolute atomic E-state index is 0.0879. The zero-order valence-corrected chi connectivity index (χ0v) is 10.5. The van der Waals surface area contributed by atoms with Crippen LogP contribution >= 0.6 is 0 Å². The van der Waals surface area contributed by atoms with Crippen LogP contribution in [0.1, 0.15) is 5.56 Å². The number of nitrogens with zero attached hydrogens (tertiary/aromatic N) is 1. The second kappa shape index (κ2) is 5.08. The van der Waals surface area contributed by atoms with Crippen LogP contribution in [0.3, 0.4) is 0 Å². The highest BCUT2D eigenvalue weighted by molar-refractivity contribution is 5.90. The molecule has 1 amide bonds. The lowest BCUT2D eigenvalue weighted by molar-refractivity contribution is -0.139. The van der Waals surface area contributed by atoms with Gasteiger partial charge in [-0.3, -0.25) is 9.59 Å². The highest BCUT2D eigenvalue weighted by atomic mass is 16.5. The molecule has 0 saturated carbocycles. The summed E-state index contributed by atoms with van der Waals surface area (Å²) in [4.78, 5) is 25.1. The Bertz CT molecular complexity index is 473. The van der Waals surface area contributed by atoms with E-state index >= 15 is 0 Å². The second-order valence-electron chi connectivity index (χ2n) is 4.17. The molecule has 18 heavy (non-hydrogen) atoms. The van der Waals surface area contributed by atoms with Gasteiger partial charge in [0.05, 0.1) is 7.11 Å². The summed E-state index contributed by atoms with van der Waals surface area (Å²) in [5.41, 5.74) is 2.01. The molecule has 0 aromatic heterocycles. The van der Waals surface area contributed by atoms with Gasteiger partial charge in [-0.15, -0.1) is 0 Å². The van der Waals surface area contributed by atoms with Crippen molar-refractivity contribution in [3.63, 3.8) is 0 Å². The number of esters is 1. The number of carbonyl (C=O) groups is 2. The monoisotopic (exact) mass is 248 g/mol. The maximum absolute atomic E-state index is 11.9. The normalized spacial score (nSPS) is 17.2. The Labute approximate surface area is 106 Å². The molecule has 5 nitrogen and oxygen atoms in total. The minimum Gasteiger partial charge on any atom is -0.468 e. The second-order valence-corrected chi connectivity index (χ2v) is 4.17. The van der Waals surface area contributed by atoms with E-state index in [1.54, 1.807) is 11.9 Å². The third-order valence-corrected chi connectivity index (χ3v) is 3.17. The van der Waals surface area contributed by atoms with E-state index in [-0.39, 0.29) is 24.5 Å². The summed E-state index contributed by atoms with van der Waals surface area (Å²) >= 11 is 0. The lowest BCUT2D eigenvalue weighted by atomic mass is 10.1. The molecule has 1 aromatic carbocycles. The van der Waals surface area contributed by atoms with Crippen molar-refractivity contribution in [2.75, 3.05) is 25.6 Å². The van der Waals surface area contributed by atoms with Gasteiger partial charge in [-0.1, -0.05) is 18.2 Å². The fourth-order valence-corrected chi connectivity index (χ4v) is 2.25. The Kier molecular flexibility index (Phi) is 3.50. The third-order valence-electron chi connectivity index (χ3n) is 3.17. The SMILES string of the molecule is CNC(=O)[C@H]1Cc2ccccc2N1CC(=O)OC. The number of rotatable bonds is 3. The summed E-state index contributed by atoms with van der Waals surface area (Å²) in [7, 11) is 2.95. The molecule has 1 aromatic rings. The molecule has 0 bridgehead atoms. The van der Waals surface area contributed by atoms with E-state index in [1.165, 1.54) is 7.11 Å². The smallest absolute Gasteiger partial charge is 0.325 e. The number of fused-ring (bicyclic) bond motifs is 1. The number of para-hydroxylation sites is 1. The summed E-state index contributed by atoms with van der Waals surface area (Å²) < 4.78 is 4.68. The van der Waals surface area contributed by atoms with Crippen LogP contribution in [0.2, 0.25) is 0 Å². The van der Waals surface area contributed by atoms with Gasteiger partial charge in [-0.2, -0.15) is 0 Å². The number of methoxy groups -OCH3 is 1. The van der Waals surface area contributed by atoms with Crippen molar-refractivity contribution in [3.05, 3.63) is 29.8 Å². The number of benzene rings is 1. The van der Waals surface area contributed by atoms with E-state index in [9.17, 15) is 9.59 Å². The highest BCUT2D eigenvalue weighted by Gasteiger charge is 2.34. The topological polar surface area (TPSA) is 58.6 Å². The molecule has 1 N–H and O–H groups in total. The molecule has 0 spiro atoms. The van der Waals surface area contributed by atoms with Gasteiger partial charge in [0.15, 0.2) is 0 Å². The van der Waals surface area contributed by atoms with Crippen LogP contribution in [0.25, 0.3) is 0 Å². The standard InChI is InChI=1S/C13H16N2O3/c1-14-13(17)11-7-9-5-3-4-6-10(9)15(11)8-12(16)18-2/h3-6,11H,7-8H2,1-2H3,(H,14,17)/t11-/m1/s1. The van der Waals surface area contributed by atoms with Crippen LogP contribution in [0.15, 0.2) is 24.3 Å². The number of carbonyl (C=O) groups excluding carboxylic acids is 2. The highest BCUT2D eigenvalue weighted by Crippen LogP contribution is 2.31.